The van der Waals surface area contributed by atoms with Crippen LogP contribution in [0.15, 0.2) is 29.4 Å². The number of nitrogens with zero attached hydrogens (tertiary/aromatic N) is 1. The van der Waals surface area contributed by atoms with Gasteiger partial charge >= 0.3 is 6.09 Å². The molecule has 0 atom stereocenters. The van der Waals surface area contributed by atoms with E-state index in [1.165, 1.54) is 32.1 Å². The number of rotatable bonds is 10. The SMILES string of the molecule is CCCCCCCCOc1ccc(C=NNC(=O)OC(C)(C)C)cc1. The lowest BCUT2D eigenvalue weighted by Gasteiger charge is -2.18. The lowest BCUT2D eigenvalue weighted by molar-refractivity contribution is 0.0529. The van der Waals surface area contributed by atoms with Gasteiger partial charge in [0.15, 0.2) is 0 Å². The average molecular weight is 348 g/mol. The molecule has 0 aromatic heterocycles. The van der Waals surface area contributed by atoms with Crippen LogP contribution in [0.2, 0.25) is 0 Å². The van der Waals surface area contributed by atoms with Gasteiger partial charge in [0, 0.05) is 0 Å². The first kappa shape index (κ1) is 21.0. The van der Waals surface area contributed by atoms with Crippen molar-refractivity contribution in [2.75, 3.05) is 6.61 Å². The molecule has 0 aliphatic heterocycles. The molecule has 5 heteroatoms. The summed E-state index contributed by atoms with van der Waals surface area (Å²) in [5.41, 5.74) is 2.69. The van der Waals surface area contributed by atoms with Gasteiger partial charge in [-0.1, -0.05) is 39.0 Å². The van der Waals surface area contributed by atoms with E-state index in [1.807, 2.05) is 24.3 Å². The van der Waals surface area contributed by atoms with Gasteiger partial charge in [-0.3, -0.25) is 0 Å². The molecule has 5 nitrogen and oxygen atoms in total. The predicted molar refractivity (Wildman–Crippen MR) is 102 cm³/mol. The van der Waals surface area contributed by atoms with Gasteiger partial charge in [-0.2, -0.15) is 5.10 Å². The largest absolute Gasteiger partial charge is 0.494 e. The van der Waals surface area contributed by atoms with Crippen molar-refractivity contribution in [2.24, 2.45) is 5.10 Å². The Balaban J connectivity index is 2.24. The molecule has 0 aliphatic rings. The van der Waals surface area contributed by atoms with Gasteiger partial charge in [0.1, 0.15) is 11.4 Å². The molecule has 0 fully saturated rings. The normalized spacial score (nSPS) is 11.5. The summed E-state index contributed by atoms with van der Waals surface area (Å²) in [6.07, 6.45) is 8.53. The van der Waals surface area contributed by atoms with Crippen molar-refractivity contribution in [1.82, 2.24) is 5.43 Å². The molecule has 1 aromatic rings. The highest BCUT2D eigenvalue weighted by Gasteiger charge is 2.15. The summed E-state index contributed by atoms with van der Waals surface area (Å²) in [6.45, 7) is 8.39. The van der Waals surface area contributed by atoms with Crippen molar-refractivity contribution < 1.29 is 14.3 Å². The molecule has 0 heterocycles. The number of ether oxygens (including phenoxy) is 2. The maximum Gasteiger partial charge on any atom is 0.428 e. The second-order valence-corrected chi connectivity index (χ2v) is 7.06. The van der Waals surface area contributed by atoms with Crippen molar-refractivity contribution in [3.05, 3.63) is 29.8 Å². The van der Waals surface area contributed by atoms with Crippen LogP contribution in [0.3, 0.4) is 0 Å². The molecule has 0 saturated heterocycles. The Morgan fingerprint density at radius 3 is 2.36 bits per heavy atom. The number of unbranched alkanes of at least 4 members (excludes halogenated alkanes) is 5. The highest BCUT2D eigenvalue weighted by Crippen LogP contribution is 2.12. The molecule has 1 N–H and O–H groups in total. The molecule has 0 unspecified atom stereocenters. The third-order valence-corrected chi connectivity index (χ3v) is 3.42. The Morgan fingerprint density at radius 1 is 1.08 bits per heavy atom. The monoisotopic (exact) mass is 348 g/mol. The lowest BCUT2D eigenvalue weighted by Crippen LogP contribution is -2.29. The summed E-state index contributed by atoms with van der Waals surface area (Å²) in [6, 6.07) is 7.62. The molecule has 140 valence electrons. The van der Waals surface area contributed by atoms with E-state index < -0.39 is 11.7 Å². The van der Waals surface area contributed by atoms with Crippen LogP contribution >= 0.6 is 0 Å². The summed E-state index contributed by atoms with van der Waals surface area (Å²) in [7, 11) is 0. The highest BCUT2D eigenvalue weighted by molar-refractivity contribution is 5.81. The predicted octanol–water partition coefficient (Wildman–Crippen LogP) is 5.28. The van der Waals surface area contributed by atoms with Crippen molar-refractivity contribution >= 4 is 12.3 Å². The summed E-state index contributed by atoms with van der Waals surface area (Å²) < 4.78 is 10.8. The fourth-order valence-electron chi connectivity index (χ4n) is 2.18. The zero-order valence-corrected chi connectivity index (χ0v) is 16.0. The zero-order chi connectivity index (χ0) is 18.5. The zero-order valence-electron chi connectivity index (χ0n) is 16.0. The summed E-state index contributed by atoms with van der Waals surface area (Å²) >= 11 is 0. The molecule has 1 amide bonds. The van der Waals surface area contributed by atoms with Crippen LogP contribution in [-0.2, 0) is 4.74 Å². The minimum absolute atomic E-state index is 0.533. The second kappa shape index (κ2) is 11.5. The Hall–Kier alpha value is -2.04. The standard InChI is InChI=1S/C20H32N2O3/c1-5-6-7-8-9-10-15-24-18-13-11-17(12-14-18)16-21-22-19(23)25-20(2,3)4/h11-14,16H,5-10,15H2,1-4H3,(H,22,23). The number of benzene rings is 1. The van der Waals surface area contributed by atoms with E-state index in [-0.39, 0.29) is 0 Å². The molecule has 1 rings (SSSR count). The van der Waals surface area contributed by atoms with E-state index >= 15 is 0 Å². The van der Waals surface area contributed by atoms with E-state index in [9.17, 15) is 4.79 Å². The van der Waals surface area contributed by atoms with Crippen LogP contribution in [0.1, 0.15) is 71.8 Å². The number of hydrazone groups is 1. The van der Waals surface area contributed by atoms with Gasteiger partial charge in [0.25, 0.3) is 0 Å². The summed E-state index contributed by atoms with van der Waals surface area (Å²) in [4.78, 5) is 11.5. The number of carbonyl (C=O) groups excluding carboxylic acids is 1. The molecule has 0 saturated carbocycles. The molecule has 25 heavy (non-hydrogen) atoms. The molecule has 0 radical (unpaired) electrons. The number of carbonyl (C=O) groups is 1. The second-order valence-electron chi connectivity index (χ2n) is 7.06. The first-order valence-electron chi connectivity index (χ1n) is 9.15. The van der Waals surface area contributed by atoms with E-state index in [0.717, 1.165) is 24.3 Å². The van der Waals surface area contributed by atoms with Crippen molar-refractivity contribution in [2.45, 2.75) is 71.8 Å². The van der Waals surface area contributed by atoms with Gasteiger partial charge in [-0.05, 0) is 57.0 Å². The maximum atomic E-state index is 11.5. The first-order valence-corrected chi connectivity index (χ1v) is 9.15. The van der Waals surface area contributed by atoms with E-state index in [4.69, 9.17) is 9.47 Å². The van der Waals surface area contributed by atoms with Crippen LogP contribution in [0, 0.1) is 0 Å². The lowest BCUT2D eigenvalue weighted by atomic mass is 10.1. The van der Waals surface area contributed by atoms with Crippen LogP contribution < -0.4 is 10.2 Å². The average Bonchev–Trinajstić information content (AvgIpc) is 2.54. The van der Waals surface area contributed by atoms with Gasteiger partial charge in [0.2, 0.25) is 0 Å². The quantitative estimate of drug-likeness (QED) is 0.355. The number of amides is 1. The van der Waals surface area contributed by atoms with Crippen molar-refractivity contribution in [3.63, 3.8) is 0 Å². The van der Waals surface area contributed by atoms with Gasteiger partial charge in [-0.25, -0.2) is 10.2 Å². The smallest absolute Gasteiger partial charge is 0.428 e. The van der Waals surface area contributed by atoms with Crippen LogP contribution in [0.5, 0.6) is 5.75 Å². The summed E-state index contributed by atoms with van der Waals surface area (Å²) in [5, 5.41) is 3.88. The van der Waals surface area contributed by atoms with Crippen LogP contribution in [-0.4, -0.2) is 24.5 Å². The van der Waals surface area contributed by atoms with E-state index in [1.54, 1.807) is 27.0 Å². The van der Waals surface area contributed by atoms with Gasteiger partial charge in [-0.15, -0.1) is 0 Å². The van der Waals surface area contributed by atoms with Crippen molar-refractivity contribution in [3.8, 4) is 5.75 Å². The highest BCUT2D eigenvalue weighted by atomic mass is 16.6. The topological polar surface area (TPSA) is 59.9 Å². The van der Waals surface area contributed by atoms with Gasteiger partial charge < -0.3 is 9.47 Å². The molecule has 0 aliphatic carbocycles. The van der Waals surface area contributed by atoms with Crippen LogP contribution in [0.25, 0.3) is 0 Å². The number of nitrogens with one attached hydrogen (secondary N) is 1. The maximum absolute atomic E-state index is 11.5. The third-order valence-electron chi connectivity index (χ3n) is 3.42. The minimum atomic E-state index is -0.567. The Labute approximate surface area is 151 Å². The fraction of sp³-hybridized carbons (Fsp3) is 0.600. The molecular weight excluding hydrogens is 316 g/mol. The minimum Gasteiger partial charge on any atom is -0.494 e. The van der Waals surface area contributed by atoms with E-state index in [0.29, 0.717) is 0 Å². The molecule has 1 aromatic carbocycles. The number of hydrogen-bond donors (Lipinski definition) is 1. The fourth-order valence-corrected chi connectivity index (χ4v) is 2.18. The Morgan fingerprint density at radius 2 is 1.72 bits per heavy atom. The first-order chi connectivity index (χ1) is 11.9. The Bertz CT molecular complexity index is 519. The number of hydrogen-bond acceptors (Lipinski definition) is 4. The molecule has 0 bridgehead atoms. The van der Waals surface area contributed by atoms with Crippen LogP contribution in [0.4, 0.5) is 4.79 Å². The Kier molecular flexibility index (Phi) is 9.66. The van der Waals surface area contributed by atoms with E-state index in [2.05, 4.69) is 17.5 Å². The summed E-state index contributed by atoms with van der Waals surface area (Å²) in [5.74, 6) is 0.853. The van der Waals surface area contributed by atoms with Crippen molar-refractivity contribution in [1.29, 1.82) is 0 Å². The third kappa shape index (κ3) is 11.2. The molecular formula is C20H32N2O3. The molecule has 0 spiro atoms. The van der Waals surface area contributed by atoms with Gasteiger partial charge in [0.05, 0.1) is 12.8 Å².